The van der Waals surface area contributed by atoms with Crippen LogP contribution in [0.1, 0.15) is 128 Å². The summed E-state index contributed by atoms with van der Waals surface area (Å²) in [5, 5.41) is 5.10. The van der Waals surface area contributed by atoms with Gasteiger partial charge in [-0.3, -0.25) is 0 Å². The molecule has 15 rings (SSSR count). The van der Waals surface area contributed by atoms with Crippen molar-refractivity contribution in [3.8, 4) is 39.1 Å². The first-order chi connectivity index (χ1) is 33.4. The largest absolute Gasteiger partial charge is 0.456 e. The zero-order chi connectivity index (χ0) is 47.9. The predicted molar refractivity (Wildman–Crippen MR) is 296 cm³/mol. The third-order valence-electron chi connectivity index (χ3n) is 18.5. The lowest BCUT2D eigenvalue weighted by atomic mass is 9.43. The predicted octanol–water partition coefficient (Wildman–Crippen LogP) is 16.2. The first kappa shape index (κ1) is 41.0. The molecule has 4 heteroatoms. The van der Waals surface area contributed by atoms with E-state index in [1.807, 2.05) is 0 Å². The minimum atomic E-state index is -0.289. The average molecular weight is 907 g/mol. The molecule has 2 aliphatic heterocycles. The molecule has 0 fully saturated rings. The summed E-state index contributed by atoms with van der Waals surface area (Å²) < 4.78 is 9.65. The van der Waals surface area contributed by atoms with Crippen LogP contribution in [0.15, 0.2) is 138 Å². The van der Waals surface area contributed by atoms with Gasteiger partial charge in [0.1, 0.15) is 11.2 Å². The van der Waals surface area contributed by atoms with Crippen molar-refractivity contribution in [2.45, 2.75) is 116 Å². The van der Waals surface area contributed by atoms with Crippen molar-refractivity contribution in [1.29, 1.82) is 0 Å². The third-order valence-corrected chi connectivity index (χ3v) is 18.5. The topological polar surface area (TPSA) is 21.3 Å². The number of nitrogens with zero attached hydrogens (tertiary/aromatic N) is 2. The highest BCUT2D eigenvalue weighted by Crippen LogP contribution is 2.61. The van der Waals surface area contributed by atoms with E-state index in [1.165, 1.54) is 135 Å². The van der Waals surface area contributed by atoms with Crippen LogP contribution in [-0.2, 0) is 27.1 Å². The normalized spacial score (nSPS) is 17.9. The Morgan fingerprint density at radius 1 is 0.514 bits per heavy atom. The summed E-state index contributed by atoms with van der Waals surface area (Å²) in [5.41, 5.74) is 28.8. The third kappa shape index (κ3) is 4.88. The van der Waals surface area contributed by atoms with Gasteiger partial charge in [0.15, 0.2) is 0 Å². The monoisotopic (exact) mass is 906 g/mol. The Kier molecular flexibility index (Phi) is 7.48. The smallest absolute Gasteiger partial charge is 0.333 e. The highest BCUT2D eigenvalue weighted by atomic mass is 16.3. The molecule has 0 saturated carbocycles. The van der Waals surface area contributed by atoms with Gasteiger partial charge in [-0.15, -0.1) is 0 Å². The zero-order valence-corrected chi connectivity index (χ0v) is 42.5. The second kappa shape index (κ2) is 12.8. The molecule has 0 unspecified atom stereocenters. The molecule has 0 bridgehead atoms. The van der Waals surface area contributed by atoms with E-state index >= 15 is 0 Å². The van der Waals surface area contributed by atoms with E-state index < -0.39 is 0 Å². The second-order valence-electron chi connectivity index (χ2n) is 25.1. The van der Waals surface area contributed by atoms with Gasteiger partial charge in [0.25, 0.3) is 0 Å². The number of hydrogen-bond donors (Lipinski definition) is 0. The molecule has 0 amide bonds. The number of benzene rings is 8. The molecule has 0 saturated heterocycles. The lowest BCUT2D eigenvalue weighted by molar-refractivity contribution is 0.332. The highest BCUT2D eigenvalue weighted by molar-refractivity contribution is 6.94. The lowest BCUT2D eigenvalue weighted by Gasteiger charge is -2.44. The van der Waals surface area contributed by atoms with Gasteiger partial charge in [0.2, 0.25) is 0 Å². The molecule has 0 radical (unpaired) electrons. The Morgan fingerprint density at radius 3 is 1.90 bits per heavy atom. The van der Waals surface area contributed by atoms with Gasteiger partial charge in [-0.25, -0.2) is 0 Å². The van der Waals surface area contributed by atoms with Crippen LogP contribution in [0.5, 0.6) is 0 Å². The Labute approximate surface area is 412 Å². The van der Waals surface area contributed by atoms with Gasteiger partial charge in [0.05, 0.1) is 11.0 Å². The fourth-order valence-electron chi connectivity index (χ4n) is 14.7. The molecule has 0 atom stereocenters. The van der Waals surface area contributed by atoms with Crippen LogP contribution in [0.25, 0.3) is 82.8 Å². The van der Waals surface area contributed by atoms with Gasteiger partial charge in [-0.05, 0) is 149 Å². The molecule has 4 heterocycles. The van der Waals surface area contributed by atoms with E-state index in [1.54, 1.807) is 0 Å². The Bertz CT molecular complexity index is 4050. The van der Waals surface area contributed by atoms with Crippen LogP contribution in [0, 0.1) is 0 Å². The Morgan fingerprint density at radius 2 is 1.17 bits per heavy atom. The molecule has 70 heavy (non-hydrogen) atoms. The first-order valence-electron chi connectivity index (χ1n) is 25.8. The summed E-state index contributed by atoms with van der Waals surface area (Å²) in [6.07, 6.45) is 2.34. The molecule has 2 aromatic heterocycles. The number of rotatable bonds is 1. The van der Waals surface area contributed by atoms with Crippen molar-refractivity contribution in [1.82, 2.24) is 4.57 Å². The second-order valence-corrected chi connectivity index (χ2v) is 25.1. The van der Waals surface area contributed by atoms with Crippen LogP contribution < -0.4 is 15.7 Å². The van der Waals surface area contributed by atoms with Crippen LogP contribution >= 0.6 is 0 Å². The summed E-state index contributed by atoms with van der Waals surface area (Å²) >= 11 is 0. The first-order valence-corrected chi connectivity index (χ1v) is 25.8. The fourth-order valence-corrected chi connectivity index (χ4v) is 14.7. The van der Waals surface area contributed by atoms with E-state index in [2.05, 4.69) is 219 Å². The summed E-state index contributed by atoms with van der Waals surface area (Å²) in [5.74, 6) is 0. The number of furan rings is 1. The number of para-hydroxylation sites is 1. The van der Waals surface area contributed by atoms with Crippen molar-refractivity contribution >= 4 is 72.9 Å². The van der Waals surface area contributed by atoms with Crippen molar-refractivity contribution in [3.05, 3.63) is 172 Å². The average Bonchev–Trinajstić information content (AvgIpc) is 4.01. The van der Waals surface area contributed by atoms with E-state index in [9.17, 15) is 0 Å². The fraction of sp³-hybridized carbons (Fsp3) is 0.273. The number of anilines is 2. The van der Waals surface area contributed by atoms with Gasteiger partial charge >= 0.3 is 6.85 Å². The lowest BCUT2D eigenvalue weighted by Crippen LogP contribution is -2.61. The van der Waals surface area contributed by atoms with E-state index in [0.29, 0.717) is 0 Å². The molecule has 342 valence electrons. The maximum atomic E-state index is 6.87. The number of aromatic nitrogens is 1. The van der Waals surface area contributed by atoms with Crippen molar-refractivity contribution in [2.75, 3.05) is 4.81 Å². The quantitative estimate of drug-likeness (QED) is 0.153. The Hall–Kier alpha value is -6.78. The van der Waals surface area contributed by atoms with Crippen LogP contribution in [0.3, 0.4) is 0 Å². The van der Waals surface area contributed by atoms with Crippen LogP contribution in [-0.4, -0.2) is 11.4 Å². The number of fused-ring (bicyclic) bond motifs is 20. The summed E-state index contributed by atoms with van der Waals surface area (Å²) in [6.45, 7) is 26.6. The van der Waals surface area contributed by atoms with E-state index in [4.69, 9.17) is 4.42 Å². The van der Waals surface area contributed by atoms with Gasteiger partial charge in [-0.2, -0.15) is 0 Å². The molecule has 5 aliphatic rings. The van der Waals surface area contributed by atoms with E-state index in [-0.39, 0.29) is 33.9 Å². The van der Waals surface area contributed by atoms with E-state index in [0.717, 1.165) is 21.9 Å². The minimum absolute atomic E-state index is 0.0140. The molecular weight excluding hydrogens is 848 g/mol. The SMILES string of the molecule is CC(C)(C)c1ccc(N2B3c4cc5c(cc4-n4c6cc7c(cc6c6c8c(c(c3c64)-c3cc4c(cc32)oc2ccccc24)C(C)(C)c2ccccc2-8)C(C)(C)CCC7(C)C)C(C)(C)c2ccccc2-5)cc1. The molecular formula is C66H59BN2O. The highest BCUT2D eigenvalue weighted by Gasteiger charge is 2.52. The maximum Gasteiger partial charge on any atom is 0.333 e. The Balaban J connectivity index is 1.20. The van der Waals surface area contributed by atoms with Crippen LogP contribution in [0.4, 0.5) is 11.4 Å². The van der Waals surface area contributed by atoms with Crippen molar-refractivity contribution in [3.63, 3.8) is 0 Å². The molecule has 0 N–H and O–H groups in total. The van der Waals surface area contributed by atoms with Crippen molar-refractivity contribution in [2.24, 2.45) is 0 Å². The molecule has 8 aromatic carbocycles. The molecule has 3 aliphatic carbocycles. The standard InChI is InChI=1S/C66H59BN2O/c1-62(2,3)36-24-26-37(27-25-36)69-52-35-55-42(39-19-14-17-23-54(39)70-55)30-43(52)58-59-56(40-20-13-16-22-46(40)66(59,10)11)57-44-31-48-49(64(6,7)29-28-63(48,4)5)34-51(44)68-53-33-47-41(32-50(53)67(69)60(58)61(57)68)38-18-12-15-21-45(38)65(47,8)9/h12-27,30-35H,28-29H2,1-11H3. The minimum Gasteiger partial charge on any atom is -0.456 e. The van der Waals surface area contributed by atoms with Gasteiger partial charge < -0.3 is 13.8 Å². The molecule has 0 spiro atoms. The number of hydrogen-bond acceptors (Lipinski definition) is 2. The van der Waals surface area contributed by atoms with Crippen LogP contribution in [0.2, 0.25) is 0 Å². The van der Waals surface area contributed by atoms with Gasteiger partial charge in [0, 0.05) is 61.1 Å². The zero-order valence-electron chi connectivity index (χ0n) is 42.5. The summed E-state index contributed by atoms with van der Waals surface area (Å²) in [7, 11) is 0. The van der Waals surface area contributed by atoms with Gasteiger partial charge in [-0.1, -0.05) is 161 Å². The van der Waals surface area contributed by atoms with Crippen molar-refractivity contribution < 1.29 is 4.42 Å². The molecule has 3 nitrogen and oxygen atoms in total. The maximum absolute atomic E-state index is 6.87. The summed E-state index contributed by atoms with van der Waals surface area (Å²) in [6, 6.07) is 52.2. The summed E-state index contributed by atoms with van der Waals surface area (Å²) in [4.78, 5) is 2.72. The molecule has 10 aromatic rings.